The zero-order chi connectivity index (χ0) is 18.9. The van der Waals surface area contributed by atoms with Crippen molar-refractivity contribution in [2.75, 3.05) is 25.0 Å². The Balaban J connectivity index is 1.16. The highest BCUT2D eigenvalue weighted by molar-refractivity contribution is 5.91. The second-order valence-corrected chi connectivity index (χ2v) is 8.07. The van der Waals surface area contributed by atoms with Crippen LogP contribution in [0.4, 0.5) is 5.69 Å². The third-order valence-corrected chi connectivity index (χ3v) is 6.18. The van der Waals surface area contributed by atoms with E-state index in [1.807, 2.05) is 24.3 Å². The van der Waals surface area contributed by atoms with Gasteiger partial charge in [-0.2, -0.15) is 0 Å². The summed E-state index contributed by atoms with van der Waals surface area (Å²) in [5.74, 6) is 0.109. The number of fused-ring (bicyclic) bond motifs is 2. The Bertz CT molecular complexity index is 1000. The van der Waals surface area contributed by atoms with E-state index >= 15 is 0 Å². The molecule has 1 aromatic heterocycles. The monoisotopic (exact) mass is 376 g/mol. The topological polar surface area (TPSA) is 64.2 Å². The van der Waals surface area contributed by atoms with Crippen molar-refractivity contribution in [2.45, 2.75) is 38.1 Å². The van der Waals surface area contributed by atoms with Crippen LogP contribution in [0.2, 0.25) is 0 Å². The van der Waals surface area contributed by atoms with E-state index in [2.05, 4.69) is 38.5 Å². The molecular formula is C22H26N5O+. The van der Waals surface area contributed by atoms with E-state index in [1.165, 1.54) is 28.9 Å². The number of anilines is 1. The number of aryl methyl sites for hydroxylation is 2. The number of nitrogens with one attached hydrogen (secondary N) is 2. The fraction of sp³-hybridized carbons (Fsp3) is 0.409. The third kappa shape index (κ3) is 3.40. The van der Waals surface area contributed by atoms with Crippen LogP contribution in [0.25, 0.3) is 11.0 Å². The number of amides is 1. The minimum atomic E-state index is 0.109. The molecule has 1 amide bonds. The minimum Gasteiger partial charge on any atom is -0.327 e. The molecular weight excluding hydrogens is 350 g/mol. The van der Waals surface area contributed by atoms with Gasteiger partial charge in [0, 0.05) is 18.5 Å². The van der Waals surface area contributed by atoms with Crippen LogP contribution in [0.1, 0.15) is 36.4 Å². The molecule has 1 fully saturated rings. The van der Waals surface area contributed by atoms with E-state index < -0.39 is 0 Å². The van der Waals surface area contributed by atoms with Gasteiger partial charge in [-0.15, -0.1) is 5.10 Å². The molecule has 0 bridgehead atoms. The first-order valence-electron chi connectivity index (χ1n) is 10.3. The van der Waals surface area contributed by atoms with E-state index in [1.54, 1.807) is 0 Å². The van der Waals surface area contributed by atoms with Crippen molar-refractivity contribution in [3.05, 3.63) is 53.6 Å². The Labute approximate surface area is 164 Å². The van der Waals surface area contributed by atoms with Crippen molar-refractivity contribution in [2.24, 2.45) is 0 Å². The number of carbonyl (C=O) groups excluding carboxylic acids is 1. The summed E-state index contributed by atoms with van der Waals surface area (Å²) in [4.78, 5) is 13.9. The highest BCUT2D eigenvalue weighted by Crippen LogP contribution is 2.25. The van der Waals surface area contributed by atoms with Gasteiger partial charge in [0.05, 0.1) is 24.6 Å². The highest BCUT2D eigenvalue weighted by Gasteiger charge is 2.26. The van der Waals surface area contributed by atoms with Crippen LogP contribution >= 0.6 is 0 Å². The first kappa shape index (κ1) is 17.4. The Morgan fingerprint density at radius 2 is 1.93 bits per heavy atom. The molecule has 1 aliphatic carbocycles. The van der Waals surface area contributed by atoms with Crippen molar-refractivity contribution in [1.82, 2.24) is 15.0 Å². The van der Waals surface area contributed by atoms with E-state index in [0.717, 1.165) is 49.1 Å². The predicted molar refractivity (Wildman–Crippen MR) is 108 cm³/mol. The number of likely N-dealkylation sites (tertiary alicyclic amines) is 1. The van der Waals surface area contributed by atoms with Crippen LogP contribution in [-0.2, 0) is 17.6 Å². The summed E-state index contributed by atoms with van der Waals surface area (Å²) >= 11 is 0. The molecule has 144 valence electrons. The van der Waals surface area contributed by atoms with Crippen LogP contribution < -0.4 is 10.2 Å². The van der Waals surface area contributed by atoms with Gasteiger partial charge in [0.1, 0.15) is 5.52 Å². The van der Waals surface area contributed by atoms with Gasteiger partial charge < -0.3 is 10.2 Å². The number of piperidine rings is 1. The van der Waals surface area contributed by atoms with Crippen molar-refractivity contribution >= 4 is 22.6 Å². The molecule has 1 saturated heterocycles. The Hall–Kier alpha value is -2.73. The second kappa shape index (κ2) is 7.36. The first-order chi connectivity index (χ1) is 13.8. The average Bonchev–Trinajstić information content (AvgIpc) is 3.35. The lowest BCUT2D eigenvalue weighted by atomic mass is 10.0. The maximum atomic E-state index is 12.5. The fourth-order valence-corrected chi connectivity index (χ4v) is 4.67. The van der Waals surface area contributed by atoms with Crippen LogP contribution in [0, 0.1) is 0 Å². The molecule has 0 saturated carbocycles. The standard InChI is InChI=1S/C22H25N5O/c28-22(23-18-9-8-16-4-3-5-17(16)14-18)15-26-12-10-19(11-13-26)27-21-7-2-1-6-20(21)24-25-27/h1-2,6-9,14,19H,3-5,10-13,15H2,(H,23,28)/p+1. The molecule has 0 atom stereocenters. The number of aromatic nitrogens is 3. The number of para-hydroxylation sites is 1. The van der Waals surface area contributed by atoms with Gasteiger partial charge in [0.15, 0.2) is 6.54 Å². The highest BCUT2D eigenvalue weighted by atomic mass is 16.2. The molecule has 1 aliphatic heterocycles. The lowest BCUT2D eigenvalue weighted by molar-refractivity contribution is -0.897. The molecule has 28 heavy (non-hydrogen) atoms. The molecule has 2 N–H and O–H groups in total. The number of rotatable bonds is 4. The summed E-state index contributed by atoms with van der Waals surface area (Å²) < 4.78 is 2.07. The van der Waals surface area contributed by atoms with Crippen LogP contribution in [0.3, 0.4) is 0 Å². The summed E-state index contributed by atoms with van der Waals surface area (Å²) in [6, 6.07) is 14.8. The summed E-state index contributed by atoms with van der Waals surface area (Å²) in [6.45, 7) is 2.49. The van der Waals surface area contributed by atoms with Crippen molar-refractivity contribution in [3.8, 4) is 0 Å². The molecule has 2 aliphatic rings. The first-order valence-corrected chi connectivity index (χ1v) is 10.3. The normalized spacial score (nSPS) is 21.6. The third-order valence-electron chi connectivity index (χ3n) is 6.18. The number of carbonyl (C=O) groups is 1. The molecule has 2 heterocycles. The van der Waals surface area contributed by atoms with E-state index in [9.17, 15) is 4.79 Å². The maximum absolute atomic E-state index is 12.5. The maximum Gasteiger partial charge on any atom is 0.279 e. The van der Waals surface area contributed by atoms with Gasteiger partial charge in [-0.05, 0) is 54.7 Å². The average molecular weight is 376 g/mol. The molecule has 6 nitrogen and oxygen atoms in total. The molecule has 0 radical (unpaired) electrons. The van der Waals surface area contributed by atoms with Gasteiger partial charge in [0.2, 0.25) is 0 Å². The molecule has 5 rings (SSSR count). The van der Waals surface area contributed by atoms with Crippen molar-refractivity contribution in [1.29, 1.82) is 0 Å². The van der Waals surface area contributed by atoms with Crippen molar-refractivity contribution in [3.63, 3.8) is 0 Å². The molecule has 6 heteroatoms. The van der Waals surface area contributed by atoms with Gasteiger partial charge in [-0.3, -0.25) is 4.79 Å². The Morgan fingerprint density at radius 1 is 1.11 bits per heavy atom. The zero-order valence-corrected chi connectivity index (χ0v) is 16.0. The van der Waals surface area contributed by atoms with E-state index in [4.69, 9.17) is 0 Å². The lowest BCUT2D eigenvalue weighted by Crippen LogP contribution is -3.14. The number of quaternary nitrogens is 1. The van der Waals surface area contributed by atoms with E-state index in [0.29, 0.717) is 12.6 Å². The number of hydrogen-bond acceptors (Lipinski definition) is 3. The van der Waals surface area contributed by atoms with Crippen LogP contribution in [0.15, 0.2) is 42.5 Å². The summed E-state index contributed by atoms with van der Waals surface area (Å²) in [5, 5.41) is 11.7. The molecule has 0 spiro atoms. The quantitative estimate of drug-likeness (QED) is 0.730. The van der Waals surface area contributed by atoms with Gasteiger partial charge in [-0.25, -0.2) is 4.68 Å². The summed E-state index contributed by atoms with van der Waals surface area (Å²) in [5.41, 5.74) is 5.82. The number of hydrogen-bond donors (Lipinski definition) is 2. The molecule has 3 aromatic rings. The largest absolute Gasteiger partial charge is 0.327 e. The Morgan fingerprint density at radius 3 is 2.82 bits per heavy atom. The van der Waals surface area contributed by atoms with Gasteiger partial charge in [0.25, 0.3) is 5.91 Å². The van der Waals surface area contributed by atoms with E-state index in [-0.39, 0.29) is 5.91 Å². The smallest absolute Gasteiger partial charge is 0.279 e. The number of nitrogens with zero attached hydrogens (tertiary/aromatic N) is 3. The lowest BCUT2D eigenvalue weighted by Gasteiger charge is -2.29. The zero-order valence-electron chi connectivity index (χ0n) is 16.0. The fourth-order valence-electron chi connectivity index (χ4n) is 4.67. The second-order valence-electron chi connectivity index (χ2n) is 8.07. The Kier molecular flexibility index (Phi) is 4.56. The van der Waals surface area contributed by atoms with Crippen LogP contribution in [-0.4, -0.2) is 40.5 Å². The summed E-state index contributed by atoms with van der Waals surface area (Å²) in [7, 11) is 0. The summed E-state index contributed by atoms with van der Waals surface area (Å²) in [6.07, 6.45) is 5.58. The van der Waals surface area contributed by atoms with Crippen LogP contribution in [0.5, 0.6) is 0 Å². The van der Waals surface area contributed by atoms with Gasteiger partial charge >= 0.3 is 0 Å². The number of benzene rings is 2. The van der Waals surface area contributed by atoms with Gasteiger partial charge in [-0.1, -0.05) is 23.4 Å². The predicted octanol–water partition coefficient (Wildman–Crippen LogP) is 1.78. The van der Waals surface area contributed by atoms with Crippen molar-refractivity contribution < 1.29 is 9.69 Å². The molecule has 0 unspecified atom stereocenters. The SMILES string of the molecule is O=C(C[NH+]1CCC(n2nnc3ccccc32)CC1)Nc1ccc2c(c1)CCC2. The molecule has 2 aromatic carbocycles. The minimum absolute atomic E-state index is 0.109.